The van der Waals surface area contributed by atoms with E-state index in [0.29, 0.717) is 11.3 Å². The summed E-state index contributed by atoms with van der Waals surface area (Å²) in [6, 6.07) is 8.85. The molecule has 1 fully saturated rings. The fourth-order valence-electron chi connectivity index (χ4n) is 3.03. The molecule has 1 heterocycles. The lowest BCUT2D eigenvalue weighted by Gasteiger charge is -2.34. The second-order valence-electron chi connectivity index (χ2n) is 6.71. The fourth-order valence-corrected chi connectivity index (χ4v) is 3.03. The summed E-state index contributed by atoms with van der Waals surface area (Å²) >= 11 is 0. The predicted octanol–water partition coefficient (Wildman–Crippen LogP) is 0.539. The molecule has 2 atom stereocenters. The summed E-state index contributed by atoms with van der Waals surface area (Å²) in [5.74, 6) is -4.10. The Bertz CT molecular complexity index is 1040. The minimum atomic E-state index is -1.88. The number of anilines is 2. The zero-order valence-electron chi connectivity index (χ0n) is 16.0. The van der Waals surface area contributed by atoms with Crippen LogP contribution in [-0.4, -0.2) is 59.2 Å². The van der Waals surface area contributed by atoms with E-state index >= 15 is 0 Å². The maximum absolute atomic E-state index is 13.8. The molecule has 0 aromatic heterocycles. The quantitative estimate of drug-likeness (QED) is 0.329. The number of aliphatic hydroxyl groups excluding tert-OH is 1. The van der Waals surface area contributed by atoms with Gasteiger partial charge in [-0.2, -0.15) is 0 Å². The number of carboxylic acid groups (broad SMARTS) is 1. The van der Waals surface area contributed by atoms with Crippen LogP contribution in [0.1, 0.15) is 15.9 Å². The first-order valence-corrected chi connectivity index (χ1v) is 9.07. The van der Waals surface area contributed by atoms with Crippen LogP contribution in [0.5, 0.6) is 0 Å². The number of nitrogen functional groups attached to an aromatic ring is 1. The molecule has 1 aliphatic rings. The number of aromatic carboxylic acids is 1. The van der Waals surface area contributed by atoms with E-state index in [2.05, 4.69) is 5.32 Å². The summed E-state index contributed by atoms with van der Waals surface area (Å²) in [6.45, 7) is -0.0777. The van der Waals surface area contributed by atoms with Crippen LogP contribution in [0.4, 0.5) is 15.8 Å². The number of hydrogen-bond donors (Lipinski definition) is 5. The van der Waals surface area contributed by atoms with Crippen LogP contribution >= 0.6 is 0 Å². The first-order chi connectivity index (χ1) is 14.7. The molecule has 6 N–H and O–H groups in total. The molecule has 0 bridgehead atoms. The van der Waals surface area contributed by atoms with E-state index in [9.17, 15) is 23.9 Å². The van der Waals surface area contributed by atoms with Gasteiger partial charge in [0.2, 0.25) is 0 Å². The molecular weight excluding hydrogens is 411 g/mol. The molecule has 11 heteroatoms. The van der Waals surface area contributed by atoms with Crippen molar-refractivity contribution >= 4 is 35.0 Å². The largest absolute Gasteiger partial charge is 0.478 e. The molecule has 0 spiro atoms. The minimum absolute atomic E-state index is 0.0152. The fraction of sp³-hybridized carbons (Fsp3) is 0.200. The number of nitrogens with two attached hydrogens (primary N) is 1. The zero-order valence-corrected chi connectivity index (χ0v) is 16.0. The highest BCUT2D eigenvalue weighted by Crippen LogP contribution is 2.23. The maximum atomic E-state index is 13.8. The van der Waals surface area contributed by atoms with E-state index in [1.807, 2.05) is 0 Å². The van der Waals surface area contributed by atoms with Gasteiger partial charge in [0, 0.05) is 23.5 Å². The number of morpholine rings is 1. The number of benzene rings is 2. The molecule has 2 aromatic rings. The van der Waals surface area contributed by atoms with Crippen LogP contribution in [0, 0.1) is 11.2 Å². The van der Waals surface area contributed by atoms with Gasteiger partial charge in [0.05, 0.1) is 12.2 Å². The molecule has 0 saturated carbocycles. The van der Waals surface area contributed by atoms with Crippen LogP contribution in [-0.2, 0) is 14.3 Å². The number of nitrogens with zero attached hydrogens (tertiary/aromatic N) is 1. The average Bonchev–Trinajstić information content (AvgIpc) is 2.73. The SMILES string of the molecule is N=C(N)c1ccc(NC(=O)C(O)[C@H]2OCCN(c3cc(F)cc(C(=O)O)c3)C2=O)cc1. The highest BCUT2D eigenvalue weighted by Gasteiger charge is 2.39. The van der Waals surface area contributed by atoms with Gasteiger partial charge >= 0.3 is 5.97 Å². The molecule has 1 saturated heterocycles. The number of aliphatic hydroxyl groups is 1. The number of nitrogens with one attached hydrogen (secondary N) is 2. The van der Waals surface area contributed by atoms with Crippen molar-refractivity contribution in [2.45, 2.75) is 12.2 Å². The van der Waals surface area contributed by atoms with Gasteiger partial charge in [-0.3, -0.25) is 15.0 Å². The zero-order chi connectivity index (χ0) is 22.7. The molecule has 3 rings (SSSR count). The van der Waals surface area contributed by atoms with Gasteiger partial charge in [-0.1, -0.05) is 0 Å². The predicted molar refractivity (Wildman–Crippen MR) is 108 cm³/mol. The molecule has 2 amide bonds. The number of amidine groups is 1. The van der Waals surface area contributed by atoms with Crippen molar-refractivity contribution in [3.8, 4) is 0 Å². The van der Waals surface area contributed by atoms with Crippen molar-refractivity contribution in [3.05, 3.63) is 59.4 Å². The molecule has 0 radical (unpaired) electrons. The number of carboxylic acids is 1. The van der Waals surface area contributed by atoms with E-state index in [4.69, 9.17) is 21.0 Å². The maximum Gasteiger partial charge on any atom is 0.335 e. The summed E-state index contributed by atoms with van der Waals surface area (Å²) < 4.78 is 19.1. The van der Waals surface area contributed by atoms with Crippen LogP contribution in [0.25, 0.3) is 0 Å². The molecule has 1 aliphatic heterocycles. The molecule has 10 nitrogen and oxygen atoms in total. The minimum Gasteiger partial charge on any atom is -0.478 e. The molecule has 0 aliphatic carbocycles. The normalized spacial score (nSPS) is 17.2. The summed E-state index contributed by atoms with van der Waals surface area (Å²) in [4.78, 5) is 37.4. The Morgan fingerprint density at radius 2 is 1.90 bits per heavy atom. The number of carbonyl (C=O) groups is 3. The second-order valence-corrected chi connectivity index (χ2v) is 6.71. The van der Waals surface area contributed by atoms with Crippen LogP contribution in [0.3, 0.4) is 0 Å². The Morgan fingerprint density at radius 3 is 2.52 bits per heavy atom. The Labute approximate surface area is 175 Å². The number of rotatable bonds is 6. The van der Waals surface area contributed by atoms with Gasteiger partial charge in [0.15, 0.2) is 12.2 Å². The Hall–Kier alpha value is -3.83. The number of carbonyl (C=O) groups excluding carboxylic acids is 2. The Morgan fingerprint density at radius 1 is 1.23 bits per heavy atom. The number of hydrogen-bond acceptors (Lipinski definition) is 6. The number of halogens is 1. The average molecular weight is 430 g/mol. The second kappa shape index (κ2) is 8.90. The molecule has 162 valence electrons. The topological polar surface area (TPSA) is 166 Å². The van der Waals surface area contributed by atoms with Crippen LogP contribution in [0.2, 0.25) is 0 Å². The van der Waals surface area contributed by atoms with Crippen molar-refractivity contribution < 1.29 is 33.7 Å². The van der Waals surface area contributed by atoms with Crippen molar-refractivity contribution in [2.24, 2.45) is 5.73 Å². The summed E-state index contributed by atoms with van der Waals surface area (Å²) in [5, 5.41) is 29.2. The molecule has 31 heavy (non-hydrogen) atoms. The number of amides is 2. The van der Waals surface area contributed by atoms with Crippen LogP contribution < -0.4 is 16.0 Å². The van der Waals surface area contributed by atoms with Gasteiger partial charge in [-0.05, 0) is 42.5 Å². The lowest BCUT2D eigenvalue weighted by atomic mass is 10.1. The Kier molecular flexibility index (Phi) is 6.28. The summed E-state index contributed by atoms with van der Waals surface area (Å²) in [7, 11) is 0. The van der Waals surface area contributed by atoms with Gasteiger partial charge in [-0.25, -0.2) is 9.18 Å². The van der Waals surface area contributed by atoms with Gasteiger partial charge in [0.1, 0.15) is 11.7 Å². The van der Waals surface area contributed by atoms with E-state index < -0.39 is 35.8 Å². The van der Waals surface area contributed by atoms with Gasteiger partial charge < -0.3 is 30.9 Å². The highest BCUT2D eigenvalue weighted by molar-refractivity contribution is 6.04. The van der Waals surface area contributed by atoms with Crippen LogP contribution in [0.15, 0.2) is 42.5 Å². The van der Waals surface area contributed by atoms with Crippen molar-refractivity contribution in [3.63, 3.8) is 0 Å². The third-order valence-electron chi connectivity index (χ3n) is 4.58. The monoisotopic (exact) mass is 430 g/mol. The van der Waals surface area contributed by atoms with Crippen molar-refractivity contribution in [1.29, 1.82) is 5.41 Å². The Balaban J connectivity index is 1.75. The smallest absolute Gasteiger partial charge is 0.335 e. The van der Waals surface area contributed by atoms with E-state index in [0.717, 1.165) is 23.1 Å². The van der Waals surface area contributed by atoms with Crippen molar-refractivity contribution in [2.75, 3.05) is 23.4 Å². The van der Waals surface area contributed by atoms with E-state index in [-0.39, 0.29) is 30.2 Å². The molecule has 2 aromatic carbocycles. The van der Waals surface area contributed by atoms with E-state index in [1.165, 1.54) is 24.3 Å². The molecule has 1 unspecified atom stereocenters. The summed E-state index contributed by atoms with van der Waals surface area (Å²) in [6.07, 6.45) is -3.45. The first-order valence-electron chi connectivity index (χ1n) is 9.07. The lowest BCUT2D eigenvalue weighted by Crippen LogP contribution is -2.55. The standard InChI is InChI=1S/C20H19FN4O6/c21-12-7-11(20(29)30)8-14(9-12)25-5-6-31-16(19(25)28)15(26)18(27)24-13-3-1-10(2-4-13)17(22)23/h1-4,7-9,15-16,26H,5-6H2,(H3,22,23)(H,24,27)(H,29,30)/t15?,16-/m1/s1. The first kappa shape index (κ1) is 21.9. The lowest BCUT2D eigenvalue weighted by molar-refractivity contribution is -0.150. The van der Waals surface area contributed by atoms with Crippen molar-refractivity contribution in [1.82, 2.24) is 0 Å². The molecular formula is C20H19FN4O6. The third kappa shape index (κ3) is 4.85. The summed E-state index contributed by atoms with van der Waals surface area (Å²) in [5.41, 5.74) is 5.73. The highest BCUT2D eigenvalue weighted by atomic mass is 19.1. The van der Waals surface area contributed by atoms with E-state index in [1.54, 1.807) is 0 Å². The number of ether oxygens (including phenoxy) is 1. The third-order valence-corrected chi connectivity index (χ3v) is 4.58. The van der Waals surface area contributed by atoms with Gasteiger partial charge in [0.25, 0.3) is 11.8 Å². The van der Waals surface area contributed by atoms with Gasteiger partial charge in [-0.15, -0.1) is 0 Å².